The predicted octanol–water partition coefficient (Wildman–Crippen LogP) is 3.21. The fourth-order valence-corrected chi connectivity index (χ4v) is 2.63. The second kappa shape index (κ2) is 3.97. The van der Waals surface area contributed by atoms with Gasteiger partial charge in [0.15, 0.2) is 0 Å². The fraction of sp³-hybridized carbons (Fsp3) is 0.571. The normalized spacial score (nSPS) is 25.7. The summed E-state index contributed by atoms with van der Waals surface area (Å²) in [6.45, 7) is 0. The standard InChI is InChI=1S/C14H19N/c1-3-7-13-11(5-1)6-2-4-8-14(13)15-12-9-10-12/h1,3,5,7,12,14-15H,2,4,6,8-10H2. The molecule has 0 aliphatic heterocycles. The zero-order valence-electron chi connectivity index (χ0n) is 9.21. The van der Waals surface area contributed by atoms with Gasteiger partial charge in [0.1, 0.15) is 0 Å². The van der Waals surface area contributed by atoms with Gasteiger partial charge in [0.05, 0.1) is 0 Å². The lowest BCUT2D eigenvalue weighted by atomic mass is 9.99. The zero-order valence-corrected chi connectivity index (χ0v) is 9.21. The Morgan fingerprint density at radius 2 is 1.87 bits per heavy atom. The first-order valence-electron chi connectivity index (χ1n) is 6.27. The molecule has 1 fully saturated rings. The molecule has 0 amide bonds. The maximum atomic E-state index is 3.79. The third-order valence-corrected chi connectivity index (χ3v) is 3.63. The molecule has 0 spiro atoms. The molecule has 1 unspecified atom stereocenters. The van der Waals surface area contributed by atoms with Gasteiger partial charge in [-0.25, -0.2) is 0 Å². The van der Waals surface area contributed by atoms with Gasteiger partial charge in [0.2, 0.25) is 0 Å². The zero-order chi connectivity index (χ0) is 10.1. The van der Waals surface area contributed by atoms with E-state index in [1.165, 1.54) is 38.5 Å². The molecular formula is C14H19N. The van der Waals surface area contributed by atoms with Crippen LogP contribution in [0.3, 0.4) is 0 Å². The van der Waals surface area contributed by atoms with Gasteiger partial charge in [-0.15, -0.1) is 0 Å². The van der Waals surface area contributed by atoms with E-state index in [1.54, 1.807) is 11.1 Å². The minimum Gasteiger partial charge on any atom is -0.307 e. The molecule has 3 rings (SSSR count). The van der Waals surface area contributed by atoms with Gasteiger partial charge >= 0.3 is 0 Å². The lowest BCUT2D eigenvalue weighted by molar-refractivity contribution is 0.487. The Labute approximate surface area is 91.9 Å². The Balaban J connectivity index is 1.86. The summed E-state index contributed by atoms with van der Waals surface area (Å²) in [6, 6.07) is 10.4. The first-order chi connectivity index (χ1) is 7.43. The Morgan fingerprint density at radius 1 is 1.00 bits per heavy atom. The molecule has 1 aromatic rings. The van der Waals surface area contributed by atoms with Gasteiger partial charge in [-0.3, -0.25) is 0 Å². The highest BCUT2D eigenvalue weighted by Gasteiger charge is 2.26. The smallest absolute Gasteiger partial charge is 0.0325 e. The molecule has 0 radical (unpaired) electrons. The van der Waals surface area contributed by atoms with Crippen molar-refractivity contribution in [3.63, 3.8) is 0 Å². The highest BCUT2D eigenvalue weighted by atomic mass is 15.0. The molecule has 15 heavy (non-hydrogen) atoms. The highest BCUT2D eigenvalue weighted by molar-refractivity contribution is 5.31. The molecule has 1 nitrogen and oxygen atoms in total. The van der Waals surface area contributed by atoms with Crippen molar-refractivity contribution < 1.29 is 0 Å². The summed E-state index contributed by atoms with van der Waals surface area (Å²) in [6.07, 6.45) is 8.11. The Bertz CT molecular complexity index is 341. The third kappa shape index (κ3) is 2.07. The third-order valence-electron chi connectivity index (χ3n) is 3.63. The molecule has 2 aliphatic carbocycles. The van der Waals surface area contributed by atoms with Crippen molar-refractivity contribution in [1.82, 2.24) is 5.32 Å². The molecule has 0 saturated heterocycles. The van der Waals surface area contributed by atoms with E-state index in [4.69, 9.17) is 0 Å². The van der Waals surface area contributed by atoms with Crippen molar-refractivity contribution in [3.8, 4) is 0 Å². The van der Waals surface area contributed by atoms with Crippen molar-refractivity contribution in [3.05, 3.63) is 35.4 Å². The van der Waals surface area contributed by atoms with E-state index < -0.39 is 0 Å². The molecule has 1 saturated carbocycles. The van der Waals surface area contributed by atoms with Crippen molar-refractivity contribution in [2.24, 2.45) is 0 Å². The summed E-state index contributed by atoms with van der Waals surface area (Å²) in [4.78, 5) is 0. The first kappa shape index (κ1) is 9.41. The van der Waals surface area contributed by atoms with Crippen LogP contribution < -0.4 is 5.32 Å². The van der Waals surface area contributed by atoms with Crippen LogP contribution in [-0.4, -0.2) is 6.04 Å². The number of nitrogens with one attached hydrogen (secondary N) is 1. The molecule has 0 aromatic heterocycles. The van der Waals surface area contributed by atoms with Crippen LogP contribution in [0.4, 0.5) is 0 Å². The van der Waals surface area contributed by atoms with Gasteiger partial charge in [-0.1, -0.05) is 30.7 Å². The highest BCUT2D eigenvalue weighted by Crippen LogP contribution is 2.32. The molecule has 2 aliphatic rings. The summed E-state index contributed by atoms with van der Waals surface area (Å²) in [5, 5.41) is 3.79. The van der Waals surface area contributed by atoms with Gasteiger partial charge < -0.3 is 5.32 Å². The second-order valence-electron chi connectivity index (χ2n) is 4.94. The molecule has 0 bridgehead atoms. The van der Waals surface area contributed by atoms with Crippen LogP contribution in [0.1, 0.15) is 49.3 Å². The molecule has 0 heterocycles. The SMILES string of the molecule is c1ccc2c(c1)CCCCC2NC1CC1. The first-order valence-corrected chi connectivity index (χ1v) is 6.27. The molecule has 1 N–H and O–H groups in total. The molecule has 1 atom stereocenters. The summed E-state index contributed by atoms with van der Waals surface area (Å²) in [5.41, 5.74) is 3.15. The largest absolute Gasteiger partial charge is 0.307 e. The number of aryl methyl sites for hydroxylation is 1. The summed E-state index contributed by atoms with van der Waals surface area (Å²) < 4.78 is 0. The van der Waals surface area contributed by atoms with Crippen LogP contribution in [0.15, 0.2) is 24.3 Å². The van der Waals surface area contributed by atoms with E-state index in [9.17, 15) is 0 Å². The minimum atomic E-state index is 0.635. The maximum absolute atomic E-state index is 3.79. The van der Waals surface area contributed by atoms with E-state index in [-0.39, 0.29) is 0 Å². The Hall–Kier alpha value is -0.820. The number of hydrogen-bond donors (Lipinski definition) is 1. The van der Waals surface area contributed by atoms with Gasteiger partial charge in [0.25, 0.3) is 0 Å². The summed E-state index contributed by atoms with van der Waals surface area (Å²) in [7, 11) is 0. The quantitative estimate of drug-likeness (QED) is 0.724. The van der Waals surface area contributed by atoms with E-state index in [0.29, 0.717) is 6.04 Å². The lowest BCUT2D eigenvalue weighted by Gasteiger charge is -2.19. The average Bonchev–Trinajstić information content (AvgIpc) is 3.07. The van der Waals surface area contributed by atoms with Crippen molar-refractivity contribution >= 4 is 0 Å². The predicted molar refractivity (Wildman–Crippen MR) is 62.9 cm³/mol. The molecule has 80 valence electrons. The van der Waals surface area contributed by atoms with Crippen molar-refractivity contribution in [2.75, 3.05) is 0 Å². The number of hydrogen-bond acceptors (Lipinski definition) is 1. The van der Waals surface area contributed by atoms with E-state index in [0.717, 1.165) is 6.04 Å². The monoisotopic (exact) mass is 201 g/mol. The number of fused-ring (bicyclic) bond motifs is 1. The van der Waals surface area contributed by atoms with Crippen LogP contribution in [0.5, 0.6) is 0 Å². The molecule has 1 aromatic carbocycles. The molecular weight excluding hydrogens is 182 g/mol. The Kier molecular flexibility index (Phi) is 2.49. The summed E-state index contributed by atoms with van der Waals surface area (Å²) >= 11 is 0. The van der Waals surface area contributed by atoms with Crippen LogP contribution in [0.25, 0.3) is 0 Å². The van der Waals surface area contributed by atoms with Gasteiger partial charge in [-0.05, 0) is 43.2 Å². The fourth-order valence-electron chi connectivity index (χ4n) is 2.63. The topological polar surface area (TPSA) is 12.0 Å². The lowest BCUT2D eigenvalue weighted by Crippen LogP contribution is -2.23. The van der Waals surface area contributed by atoms with Gasteiger partial charge in [0, 0.05) is 12.1 Å². The Morgan fingerprint density at radius 3 is 2.73 bits per heavy atom. The number of benzene rings is 1. The van der Waals surface area contributed by atoms with Crippen LogP contribution in [0.2, 0.25) is 0 Å². The minimum absolute atomic E-state index is 0.635. The van der Waals surface area contributed by atoms with Crippen LogP contribution >= 0.6 is 0 Å². The van der Waals surface area contributed by atoms with Crippen molar-refractivity contribution in [1.29, 1.82) is 0 Å². The van der Waals surface area contributed by atoms with Crippen molar-refractivity contribution in [2.45, 2.75) is 50.6 Å². The second-order valence-corrected chi connectivity index (χ2v) is 4.94. The van der Waals surface area contributed by atoms with E-state index >= 15 is 0 Å². The van der Waals surface area contributed by atoms with Gasteiger partial charge in [-0.2, -0.15) is 0 Å². The molecule has 1 heteroatoms. The van der Waals surface area contributed by atoms with Crippen LogP contribution in [-0.2, 0) is 6.42 Å². The van der Waals surface area contributed by atoms with Crippen LogP contribution in [0, 0.1) is 0 Å². The van der Waals surface area contributed by atoms with E-state index in [2.05, 4.69) is 29.6 Å². The average molecular weight is 201 g/mol. The number of rotatable bonds is 2. The summed E-state index contributed by atoms with van der Waals surface area (Å²) in [5.74, 6) is 0. The maximum Gasteiger partial charge on any atom is 0.0325 e. The van der Waals surface area contributed by atoms with E-state index in [1.807, 2.05) is 0 Å².